The van der Waals surface area contributed by atoms with Gasteiger partial charge in [-0.15, -0.1) is 0 Å². The number of ether oxygens (including phenoxy) is 6. The minimum atomic E-state index is -2.56. The van der Waals surface area contributed by atoms with E-state index in [9.17, 15) is 24.9 Å². The van der Waals surface area contributed by atoms with Gasteiger partial charge >= 0.3 is 17.9 Å². The highest BCUT2D eigenvalue weighted by molar-refractivity contribution is 6.56. The predicted molar refractivity (Wildman–Crippen MR) is 192 cm³/mol. The largest absolute Gasteiger partial charge is 0.459 e. The Balaban J connectivity index is 1.27. The number of carbonyl (C=O) groups is 2. The summed E-state index contributed by atoms with van der Waals surface area (Å²) in [6.07, 6.45) is -5.70. The summed E-state index contributed by atoms with van der Waals surface area (Å²) in [6.45, 7) is 7.28. The Morgan fingerprint density at radius 3 is 2.00 bits per heavy atom. The van der Waals surface area contributed by atoms with E-state index in [1.165, 1.54) is 6.08 Å². The number of epoxide rings is 1. The van der Waals surface area contributed by atoms with Crippen LogP contribution in [0.3, 0.4) is 0 Å². The Labute approximate surface area is 320 Å². The van der Waals surface area contributed by atoms with Crippen molar-refractivity contribution in [3.8, 4) is 0 Å². The highest BCUT2D eigenvalue weighted by Crippen LogP contribution is 2.74. The van der Waals surface area contributed by atoms with Crippen molar-refractivity contribution in [2.24, 2.45) is 11.8 Å². The second-order valence-corrected chi connectivity index (χ2v) is 15.8. The molecular weight excluding hydrogens is 739 g/mol. The van der Waals surface area contributed by atoms with Crippen LogP contribution in [0.25, 0.3) is 0 Å². The molecule has 54 heavy (non-hydrogen) atoms. The minimum absolute atomic E-state index is 0.0393. The van der Waals surface area contributed by atoms with E-state index in [4.69, 9.17) is 51.6 Å². The van der Waals surface area contributed by atoms with Gasteiger partial charge in [-0.25, -0.2) is 9.59 Å². The fourth-order valence-corrected chi connectivity index (χ4v) is 10.0. The van der Waals surface area contributed by atoms with E-state index < -0.39 is 89.3 Å². The van der Waals surface area contributed by atoms with Crippen molar-refractivity contribution < 1.29 is 53.3 Å². The van der Waals surface area contributed by atoms with Crippen LogP contribution in [-0.4, -0.2) is 86.8 Å². The number of benzene rings is 3. The Hall–Kier alpha value is -3.88. The Kier molecular flexibility index (Phi) is 7.99. The molecule has 0 aromatic heterocycles. The molecule has 3 aliphatic carbocycles. The molecular formula is C41H36Cl2O11. The van der Waals surface area contributed by atoms with E-state index >= 15 is 0 Å². The molecule has 4 bridgehead atoms. The number of fused-ring (bicyclic) bond motifs is 2. The number of aliphatic hydroxyl groups excluding tert-OH is 2. The van der Waals surface area contributed by atoms with E-state index in [1.807, 2.05) is 6.07 Å². The van der Waals surface area contributed by atoms with Crippen molar-refractivity contribution in [3.63, 3.8) is 0 Å². The quantitative estimate of drug-likeness (QED) is 0.171. The van der Waals surface area contributed by atoms with Gasteiger partial charge < -0.3 is 43.7 Å². The zero-order chi connectivity index (χ0) is 38.0. The van der Waals surface area contributed by atoms with Gasteiger partial charge in [0.05, 0.1) is 17.0 Å². The first-order chi connectivity index (χ1) is 25.8. The van der Waals surface area contributed by atoms with Crippen LogP contribution in [0, 0.1) is 11.8 Å². The lowest BCUT2D eigenvalue weighted by Crippen LogP contribution is -2.85. The van der Waals surface area contributed by atoms with Gasteiger partial charge in [0.15, 0.2) is 11.2 Å². The molecule has 1 spiro atoms. The van der Waals surface area contributed by atoms with Gasteiger partial charge in [0.1, 0.15) is 52.8 Å². The number of halogens is 2. The highest BCUT2D eigenvalue weighted by atomic mass is 35.5. The maximum atomic E-state index is 14.1. The molecule has 10 rings (SSSR count). The third kappa shape index (κ3) is 4.50. The third-order valence-corrected chi connectivity index (χ3v) is 12.7. The molecule has 4 heterocycles. The van der Waals surface area contributed by atoms with Crippen LogP contribution in [0.2, 0.25) is 0 Å². The summed E-state index contributed by atoms with van der Waals surface area (Å²) in [7, 11) is 0. The van der Waals surface area contributed by atoms with Crippen LogP contribution >= 0.6 is 23.2 Å². The number of aliphatic hydroxyl groups is 3. The van der Waals surface area contributed by atoms with Gasteiger partial charge in [0.2, 0.25) is 0 Å². The monoisotopic (exact) mass is 774 g/mol. The van der Waals surface area contributed by atoms with Crippen LogP contribution in [0.1, 0.15) is 40.1 Å². The molecule has 3 aromatic carbocycles. The average molecular weight is 776 g/mol. The standard InChI is InChI=1S/C41H36Cl2O11/c1-21(2)39(53-35(46)24-15-9-5-10-16-24)30-22(3)40-27-19-26(33(42)43)29(44)38(27,48)36(47)37(20-49-34(45)23-13-7-4-8-14-23)31(50-37)28(40)32(39)52-41(51-30,54-40)25-17-11-6-12-18-25/h4-19,22,28-32,36,44,47-48H,1,20H2,2-3H3/t22-,28+,29+,30+,31+,32-,36-,37+,38-,39+,40+,41?/m1/s1. The summed E-state index contributed by atoms with van der Waals surface area (Å²) < 4.78 is 39.4. The molecule has 2 saturated carbocycles. The Morgan fingerprint density at radius 2 is 1.41 bits per heavy atom. The van der Waals surface area contributed by atoms with Crippen LogP contribution < -0.4 is 0 Å². The summed E-state index contributed by atoms with van der Waals surface area (Å²) in [6, 6.07) is 25.6. The molecule has 3 aromatic rings. The molecule has 4 aliphatic heterocycles. The van der Waals surface area contributed by atoms with Gasteiger partial charge in [-0.3, -0.25) is 0 Å². The maximum Gasteiger partial charge on any atom is 0.339 e. The van der Waals surface area contributed by atoms with Crippen LogP contribution in [0.4, 0.5) is 0 Å². The van der Waals surface area contributed by atoms with Crippen molar-refractivity contribution in [1.82, 2.24) is 0 Å². The average Bonchev–Trinajstić information content (AvgIpc) is 3.84. The van der Waals surface area contributed by atoms with Crippen molar-refractivity contribution in [3.05, 3.63) is 142 Å². The van der Waals surface area contributed by atoms with E-state index in [0.29, 0.717) is 11.1 Å². The summed E-state index contributed by atoms with van der Waals surface area (Å²) in [5, 5.41) is 37.3. The normalized spacial score (nSPS) is 40.8. The van der Waals surface area contributed by atoms with E-state index in [0.717, 1.165) is 0 Å². The minimum Gasteiger partial charge on any atom is -0.459 e. The number of rotatable bonds is 7. The lowest BCUT2D eigenvalue weighted by atomic mass is 9.53. The summed E-state index contributed by atoms with van der Waals surface area (Å²) >= 11 is 12.7. The SMILES string of the molecule is C=C(C)[C@@]1(OC(=O)c2ccccc2)[C@@H]2OC3(c4ccccc4)O[C@H]1[C@@H](C)[C@]1(O3)C3=CC(=C(Cl)Cl)[C@H](O)[C@@]3(O)[C@H](O)[C@@]3(COC(=O)c4ccccc4)O[C@H]3[C@@H]21. The van der Waals surface area contributed by atoms with Crippen molar-refractivity contribution in [2.75, 3.05) is 6.61 Å². The first kappa shape index (κ1) is 35.8. The second-order valence-electron chi connectivity index (χ2n) is 14.9. The Morgan fingerprint density at radius 1 is 0.833 bits per heavy atom. The highest BCUT2D eigenvalue weighted by Gasteiger charge is 2.89. The summed E-state index contributed by atoms with van der Waals surface area (Å²) in [5.41, 5.74) is -6.46. The van der Waals surface area contributed by atoms with Crippen molar-refractivity contribution in [1.29, 1.82) is 0 Å². The molecule has 0 amide bonds. The molecule has 3 N–H and O–H groups in total. The molecule has 13 heteroatoms. The molecule has 6 fully saturated rings. The fraction of sp³-hybridized carbons (Fsp3) is 0.366. The van der Waals surface area contributed by atoms with Crippen molar-refractivity contribution in [2.45, 2.75) is 72.7 Å². The second kappa shape index (κ2) is 12.1. The van der Waals surface area contributed by atoms with Gasteiger partial charge in [-0.1, -0.05) is 103 Å². The lowest BCUT2D eigenvalue weighted by molar-refractivity contribution is -0.570. The molecule has 1 unspecified atom stereocenters. The zero-order valence-corrected chi connectivity index (χ0v) is 30.6. The van der Waals surface area contributed by atoms with Crippen LogP contribution in [0.5, 0.6) is 0 Å². The summed E-state index contributed by atoms with van der Waals surface area (Å²) in [5.74, 6) is -5.20. The van der Waals surface area contributed by atoms with Crippen molar-refractivity contribution >= 4 is 35.1 Å². The predicted octanol–water partition coefficient (Wildman–Crippen LogP) is 4.88. The number of esters is 2. The molecule has 0 radical (unpaired) electrons. The molecule has 11 nitrogen and oxygen atoms in total. The maximum absolute atomic E-state index is 14.1. The van der Waals surface area contributed by atoms with Crippen LogP contribution in [-0.2, 0) is 34.4 Å². The zero-order valence-electron chi connectivity index (χ0n) is 29.1. The number of hydrogen-bond donors (Lipinski definition) is 3. The third-order valence-electron chi connectivity index (χ3n) is 12.2. The van der Waals surface area contributed by atoms with E-state index in [-0.39, 0.29) is 26.8 Å². The molecule has 12 atom stereocenters. The smallest absolute Gasteiger partial charge is 0.339 e. The lowest BCUT2D eigenvalue weighted by Gasteiger charge is -2.72. The van der Waals surface area contributed by atoms with Gasteiger partial charge in [-0.2, -0.15) is 0 Å². The summed E-state index contributed by atoms with van der Waals surface area (Å²) in [4.78, 5) is 27.4. The molecule has 280 valence electrons. The number of hydrogen-bond acceptors (Lipinski definition) is 11. The van der Waals surface area contributed by atoms with E-state index in [1.54, 1.807) is 98.8 Å². The van der Waals surface area contributed by atoms with Gasteiger partial charge in [-0.05, 0) is 42.8 Å². The van der Waals surface area contributed by atoms with Crippen LogP contribution in [0.15, 0.2) is 125 Å². The van der Waals surface area contributed by atoms with E-state index in [2.05, 4.69) is 6.58 Å². The number of carbonyl (C=O) groups excluding carboxylic acids is 2. The first-order valence-electron chi connectivity index (χ1n) is 17.6. The van der Waals surface area contributed by atoms with Gasteiger partial charge in [0, 0.05) is 22.6 Å². The first-order valence-corrected chi connectivity index (χ1v) is 18.4. The molecule has 4 saturated heterocycles. The van der Waals surface area contributed by atoms with Gasteiger partial charge in [0.25, 0.3) is 0 Å². The Bertz CT molecular complexity index is 2130. The fourth-order valence-electron chi connectivity index (χ4n) is 9.69. The topological polar surface area (TPSA) is 154 Å². The molecule has 7 aliphatic rings.